The molecule has 2 rings (SSSR count). The van der Waals surface area contributed by atoms with Gasteiger partial charge in [0.05, 0.1) is 18.1 Å². The Kier molecular flexibility index (Phi) is 11.4. The van der Waals surface area contributed by atoms with E-state index < -0.39 is 17.8 Å². The van der Waals surface area contributed by atoms with E-state index >= 15 is 0 Å². The monoisotopic (exact) mass is 511 g/mol. The number of aryl methyl sites for hydroxylation is 1. The Hall–Kier alpha value is -2.88. The minimum Gasteiger partial charge on any atom is -0.482 e. The van der Waals surface area contributed by atoms with Gasteiger partial charge in [-0.25, -0.2) is 0 Å². The summed E-state index contributed by atoms with van der Waals surface area (Å²) in [5.41, 5.74) is 5.81. The van der Waals surface area contributed by atoms with Gasteiger partial charge in [0.2, 0.25) is 5.91 Å². The lowest BCUT2D eigenvalue weighted by molar-refractivity contribution is -0.145. The van der Waals surface area contributed by atoms with Gasteiger partial charge in [0.1, 0.15) is 5.75 Å². The molecule has 0 aromatic heterocycles. The number of esters is 1. The van der Waals surface area contributed by atoms with Gasteiger partial charge in [-0.2, -0.15) is 0 Å². The van der Waals surface area contributed by atoms with E-state index in [0.29, 0.717) is 17.2 Å². The molecule has 2 aromatic carbocycles. The van der Waals surface area contributed by atoms with E-state index in [9.17, 15) is 14.4 Å². The molecule has 0 radical (unpaired) electrons. The quantitative estimate of drug-likeness (QED) is 0.194. The summed E-state index contributed by atoms with van der Waals surface area (Å²) < 4.78 is 10.4. The summed E-state index contributed by atoms with van der Waals surface area (Å²) in [6, 6.07) is 14.5. The van der Waals surface area contributed by atoms with Gasteiger partial charge in [0.15, 0.2) is 11.7 Å². The standard InChI is InChI=1S/C22H23Cl2N3O5S/c23-16-8-9-18(17(24)13-16)32-14-20(29)26-27-22(33)25-19(28)10-11-21(30)31-12-4-7-15-5-2-1-3-6-15/h1-3,5-6,8-9,13H,4,7,10-12,14H2,(H,26,29)(H2,25,27,28,33). The smallest absolute Gasteiger partial charge is 0.306 e. The molecule has 176 valence electrons. The fraction of sp³-hybridized carbons (Fsp3) is 0.273. The van der Waals surface area contributed by atoms with Crippen LogP contribution >= 0.6 is 35.4 Å². The van der Waals surface area contributed by atoms with Crippen molar-refractivity contribution >= 4 is 58.3 Å². The molecule has 0 heterocycles. The molecule has 0 spiro atoms. The number of hydrogen-bond donors (Lipinski definition) is 3. The highest BCUT2D eigenvalue weighted by atomic mass is 35.5. The first-order chi connectivity index (χ1) is 15.8. The highest BCUT2D eigenvalue weighted by Crippen LogP contribution is 2.27. The Balaban J connectivity index is 1.54. The van der Waals surface area contributed by atoms with Crippen molar-refractivity contribution in [2.75, 3.05) is 13.2 Å². The highest BCUT2D eigenvalue weighted by Gasteiger charge is 2.11. The molecule has 33 heavy (non-hydrogen) atoms. The number of nitrogens with one attached hydrogen (secondary N) is 3. The molecule has 0 saturated carbocycles. The molecule has 0 unspecified atom stereocenters. The van der Waals surface area contributed by atoms with E-state index in [1.165, 1.54) is 17.7 Å². The average molecular weight is 512 g/mol. The number of rotatable bonds is 10. The number of halogens is 2. The molecule has 8 nitrogen and oxygen atoms in total. The second-order valence-electron chi connectivity index (χ2n) is 6.72. The summed E-state index contributed by atoms with van der Waals surface area (Å²) in [5.74, 6) is -1.23. The maximum Gasteiger partial charge on any atom is 0.306 e. The van der Waals surface area contributed by atoms with Crippen LogP contribution in [0, 0.1) is 0 Å². The van der Waals surface area contributed by atoms with Crippen LogP contribution in [-0.2, 0) is 25.5 Å². The van der Waals surface area contributed by atoms with E-state index in [2.05, 4.69) is 16.2 Å². The molecule has 3 N–H and O–H groups in total. The number of carbonyl (C=O) groups excluding carboxylic acids is 3. The zero-order valence-corrected chi connectivity index (χ0v) is 19.9. The van der Waals surface area contributed by atoms with Crippen LogP contribution in [0.5, 0.6) is 5.75 Å². The summed E-state index contributed by atoms with van der Waals surface area (Å²) in [4.78, 5) is 35.5. The normalized spacial score (nSPS) is 10.1. The molecule has 11 heteroatoms. The van der Waals surface area contributed by atoms with Crippen LogP contribution < -0.4 is 20.9 Å². The molecule has 0 bridgehead atoms. The van der Waals surface area contributed by atoms with Crippen LogP contribution in [0.15, 0.2) is 48.5 Å². The maximum atomic E-state index is 11.9. The van der Waals surface area contributed by atoms with Crippen molar-refractivity contribution in [2.45, 2.75) is 25.7 Å². The van der Waals surface area contributed by atoms with E-state index in [1.807, 2.05) is 30.3 Å². The lowest BCUT2D eigenvalue weighted by Crippen LogP contribution is -2.49. The Labute approximate surface area is 206 Å². The Morgan fingerprint density at radius 3 is 2.42 bits per heavy atom. The number of carbonyl (C=O) groups is 3. The third-order valence-corrected chi connectivity index (χ3v) is 4.83. The van der Waals surface area contributed by atoms with Crippen molar-refractivity contribution in [3.63, 3.8) is 0 Å². The predicted octanol–water partition coefficient (Wildman–Crippen LogP) is 3.35. The predicted molar refractivity (Wildman–Crippen MR) is 129 cm³/mol. The largest absolute Gasteiger partial charge is 0.482 e. The second kappa shape index (κ2) is 14.3. The zero-order chi connectivity index (χ0) is 24.1. The van der Waals surface area contributed by atoms with Crippen molar-refractivity contribution in [3.8, 4) is 5.75 Å². The van der Waals surface area contributed by atoms with Crippen molar-refractivity contribution in [3.05, 3.63) is 64.1 Å². The molecule has 2 amide bonds. The van der Waals surface area contributed by atoms with Gasteiger partial charge < -0.3 is 14.8 Å². The van der Waals surface area contributed by atoms with Crippen molar-refractivity contribution < 1.29 is 23.9 Å². The Bertz CT molecular complexity index is 976. The van der Waals surface area contributed by atoms with Crippen LogP contribution in [0.1, 0.15) is 24.8 Å². The third-order valence-electron chi connectivity index (χ3n) is 4.09. The molecule has 0 aliphatic heterocycles. The van der Waals surface area contributed by atoms with Gasteiger partial charge >= 0.3 is 5.97 Å². The van der Waals surface area contributed by atoms with E-state index in [1.54, 1.807) is 6.07 Å². The topological polar surface area (TPSA) is 106 Å². The van der Waals surface area contributed by atoms with Gasteiger partial charge in [-0.3, -0.25) is 25.2 Å². The molecular formula is C22H23Cl2N3O5S. The van der Waals surface area contributed by atoms with Crippen molar-refractivity contribution in [1.29, 1.82) is 0 Å². The van der Waals surface area contributed by atoms with Gasteiger partial charge in [0, 0.05) is 11.4 Å². The maximum absolute atomic E-state index is 11.9. The summed E-state index contributed by atoms with van der Waals surface area (Å²) in [7, 11) is 0. The second-order valence-corrected chi connectivity index (χ2v) is 7.98. The summed E-state index contributed by atoms with van der Waals surface area (Å²) in [6.45, 7) is -0.0638. The summed E-state index contributed by atoms with van der Waals surface area (Å²) in [5, 5.41) is 2.93. The van der Waals surface area contributed by atoms with Gasteiger partial charge in [-0.15, -0.1) is 0 Å². The number of ether oxygens (including phenoxy) is 2. The molecule has 2 aromatic rings. The molecule has 0 saturated heterocycles. The first-order valence-corrected chi connectivity index (χ1v) is 11.2. The molecule has 0 aliphatic rings. The highest BCUT2D eigenvalue weighted by molar-refractivity contribution is 7.80. The lowest BCUT2D eigenvalue weighted by Gasteiger charge is -2.12. The van der Waals surface area contributed by atoms with Crippen LogP contribution in [-0.4, -0.2) is 36.1 Å². The van der Waals surface area contributed by atoms with Gasteiger partial charge in [0.25, 0.3) is 5.91 Å². The fourth-order valence-corrected chi connectivity index (χ4v) is 3.14. The number of hydrogen-bond acceptors (Lipinski definition) is 6. The first kappa shape index (κ1) is 26.4. The molecule has 0 fully saturated rings. The van der Waals surface area contributed by atoms with E-state index in [0.717, 1.165) is 6.42 Å². The lowest BCUT2D eigenvalue weighted by atomic mass is 10.1. The van der Waals surface area contributed by atoms with Crippen LogP contribution in [0.2, 0.25) is 10.0 Å². The minimum absolute atomic E-state index is 0.0815. The van der Waals surface area contributed by atoms with Crippen LogP contribution in [0.4, 0.5) is 0 Å². The SMILES string of the molecule is O=C(COc1ccc(Cl)cc1Cl)NNC(=S)NC(=O)CCC(=O)OCCCc1ccccc1. The van der Waals surface area contributed by atoms with Gasteiger partial charge in [-0.1, -0.05) is 53.5 Å². The average Bonchev–Trinajstić information content (AvgIpc) is 2.79. The fourth-order valence-electron chi connectivity index (χ4n) is 2.51. The van der Waals surface area contributed by atoms with Gasteiger partial charge in [-0.05, 0) is 48.8 Å². The van der Waals surface area contributed by atoms with E-state index in [4.69, 9.17) is 44.9 Å². The summed E-state index contributed by atoms with van der Waals surface area (Å²) >= 11 is 16.7. The Morgan fingerprint density at radius 2 is 1.70 bits per heavy atom. The molecular weight excluding hydrogens is 489 g/mol. The number of thiocarbonyl (C=S) groups is 1. The zero-order valence-electron chi connectivity index (χ0n) is 17.6. The molecule has 0 aliphatic carbocycles. The van der Waals surface area contributed by atoms with Crippen molar-refractivity contribution in [1.82, 2.24) is 16.2 Å². The number of hydrazine groups is 1. The minimum atomic E-state index is -0.559. The van der Waals surface area contributed by atoms with Crippen LogP contribution in [0.3, 0.4) is 0 Å². The summed E-state index contributed by atoms with van der Waals surface area (Å²) in [6.07, 6.45) is 1.31. The van der Waals surface area contributed by atoms with Crippen LogP contribution in [0.25, 0.3) is 0 Å². The Morgan fingerprint density at radius 1 is 0.939 bits per heavy atom. The first-order valence-electron chi connectivity index (χ1n) is 9.99. The van der Waals surface area contributed by atoms with E-state index in [-0.39, 0.29) is 36.2 Å². The number of benzene rings is 2. The van der Waals surface area contributed by atoms with Crippen molar-refractivity contribution in [2.24, 2.45) is 0 Å². The number of amides is 2. The third kappa shape index (κ3) is 11.0. The molecule has 0 atom stereocenters.